The lowest BCUT2D eigenvalue weighted by atomic mass is 10.00. The number of aromatic amines is 1. The number of phenols is 1. The van der Waals surface area contributed by atoms with E-state index < -0.39 is 17.5 Å². The Bertz CT molecular complexity index is 1190. The van der Waals surface area contributed by atoms with Crippen LogP contribution in [0.4, 0.5) is 13.2 Å². The van der Waals surface area contributed by atoms with Gasteiger partial charge in [-0.05, 0) is 43.2 Å². The summed E-state index contributed by atoms with van der Waals surface area (Å²) in [6.45, 7) is 1.84. The molecule has 0 radical (unpaired) electrons. The number of halogens is 3. The summed E-state index contributed by atoms with van der Waals surface area (Å²) in [6, 6.07) is 4.41. The molecule has 0 unspecified atom stereocenters. The van der Waals surface area contributed by atoms with Crippen LogP contribution in [0, 0.1) is 6.92 Å². The standard InChI is InChI=1S/C20H19F3N4O3/c1-10-7-11(20(21,22)23)8-15(28)17(10)14-5-4-13-18(24-14)25-27(19(13)30)12-3-6-16(29)26(2)9-12/h4-5,7-8,12,28H,3,6,9H2,1-2H3,(H,24,25)/t12-/m1/s1. The van der Waals surface area contributed by atoms with Crippen molar-refractivity contribution in [2.75, 3.05) is 13.6 Å². The van der Waals surface area contributed by atoms with Gasteiger partial charge in [-0.15, -0.1) is 0 Å². The zero-order chi connectivity index (χ0) is 21.8. The molecule has 1 aliphatic heterocycles. The third-order valence-corrected chi connectivity index (χ3v) is 5.44. The first-order valence-corrected chi connectivity index (χ1v) is 9.32. The van der Waals surface area contributed by atoms with Gasteiger partial charge in [0.05, 0.1) is 22.7 Å². The smallest absolute Gasteiger partial charge is 0.416 e. The summed E-state index contributed by atoms with van der Waals surface area (Å²) in [5, 5.41) is 13.5. The Labute approximate surface area is 168 Å². The number of rotatable bonds is 2. The average Bonchev–Trinajstić information content (AvgIpc) is 2.99. The molecule has 1 saturated heterocycles. The first-order valence-electron chi connectivity index (χ1n) is 9.32. The highest BCUT2D eigenvalue weighted by molar-refractivity contribution is 5.80. The van der Waals surface area contributed by atoms with Crippen LogP contribution in [0.3, 0.4) is 0 Å². The summed E-state index contributed by atoms with van der Waals surface area (Å²) < 4.78 is 40.4. The molecule has 1 fully saturated rings. The molecule has 1 amide bonds. The maximum absolute atomic E-state index is 13.0. The van der Waals surface area contributed by atoms with Crippen molar-refractivity contribution >= 4 is 16.9 Å². The second-order valence-corrected chi connectivity index (χ2v) is 7.53. The van der Waals surface area contributed by atoms with E-state index in [4.69, 9.17) is 0 Å². The van der Waals surface area contributed by atoms with E-state index >= 15 is 0 Å². The molecule has 1 aliphatic rings. The zero-order valence-corrected chi connectivity index (χ0v) is 16.2. The monoisotopic (exact) mass is 420 g/mol. The van der Waals surface area contributed by atoms with Gasteiger partial charge in [-0.25, -0.2) is 9.67 Å². The number of carbonyl (C=O) groups is 1. The van der Waals surface area contributed by atoms with Gasteiger partial charge in [0.2, 0.25) is 5.91 Å². The first kappa shape index (κ1) is 20.0. The minimum absolute atomic E-state index is 0.0177. The highest BCUT2D eigenvalue weighted by Crippen LogP contribution is 2.38. The Morgan fingerprint density at radius 2 is 1.97 bits per heavy atom. The number of benzene rings is 1. The molecule has 2 N–H and O–H groups in total. The molecular formula is C20H19F3N4O3. The van der Waals surface area contributed by atoms with E-state index in [-0.39, 0.29) is 40.0 Å². The van der Waals surface area contributed by atoms with Gasteiger partial charge in [0.15, 0.2) is 5.65 Å². The fourth-order valence-electron chi connectivity index (χ4n) is 3.87. The van der Waals surface area contributed by atoms with Crippen LogP contribution in [0.25, 0.3) is 22.3 Å². The van der Waals surface area contributed by atoms with Gasteiger partial charge in [0.1, 0.15) is 5.75 Å². The highest BCUT2D eigenvalue weighted by atomic mass is 19.4. The number of pyridine rings is 1. The number of likely N-dealkylation sites (tertiary alicyclic amines) is 1. The third kappa shape index (κ3) is 3.31. The van der Waals surface area contributed by atoms with E-state index in [0.29, 0.717) is 30.8 Å². The molecule has 158 valence electrons. The van der Waals surface area contributed by atoms with Crippen LogP contribution < -0.4 is 5.56 Å². The lowest BCUT2D eigenvalue weighted by Gasteiger charge is -2.29. The van der Waals surface area contributed by atoms with Crippen molar-refractivity contribution in [1.29, 1.82) is 0 Å². The van der Waals surface area contributed by atoms with Crippen molar-refractivity contribution in [2.24, 2.45) is 0 Å². The number of aromatic nitrogens is 3. The van der Waals surface area contributed by atoms with Gasteiger partial charge in [0, 0.05) is 25.6 Å². The summed E-state index contributed by atoms with van der Waals surface area (Å²) in [5.41, 5.74) is -0.348. The molecule has 4 rings (SSSR count). The quantitative estimate of drug-likeness (QED) is 0.666. The number of aryl methyl sites for hydroxylation is 1. The second-order valence-electron chi connectivity index (χ2n) is 7.53. The van der Waals surface area contributed by atoms with Crippen molar-refractivity contribution in [1.82, 2.24) is 19.7 Å². The maximum Gasteiger partial charge on any atom is 0.416 e. The third-order valence-electron chi connectivity index (χ3n) is 5.44. The molecular weight excluding hydrogens is 401 g/mol. The molecule has 0 bridgehead atoms. The number of hydrogen-bond donors (Lipinski definition) is 2. The number of likely N-dealkylation sites (N-methyl/N-ethyl adjacent to an activating group) is 1. The van der Waals surface area contributed by atoms with E-state index in [1.54, 1.807) is 11.9 Å². The Morgan fingerprint density at radius 3 is 2.60 bits per heavy atom. The molecule has 0 spiro atoms. The van der Waals surface area contributed by atoms with Crippen LogP contribution in [0.15, 0.2) is 29.1 Å². The number of nitrogens with zero attached hydrogens (tertiary/aromatic N) is 3. The molecule has 3 heterocycles. The average molecular weight is 420 g/mol. The van der Waals surface area contributed by atoms with E-state index in [1.165, 1.54) is 23.7 Å². The fraction of sp³-hybridized carbons (Fsp3) is 0.350. The topological polar surface area (TPSA) is 91.2 Å². The van der Waals surface area contributed by atoms with Crippen LogP contribution in [0.2, 0.25) is 0 Å². The molecule has 30 heavy (non-hydrogen) atoms. The van der Waals surface area contributed by atoms with Gasteiger partial charge in [-0.1, -0.05) is 0 Å². The number of H-pyrrole nitrogens is 1. The maximum atomic E-state index is 13.0. The van der Waals surface area contributed by atoms with Crippen LogP contribution in [0.1, 0.15) is 30.0 Å². The van der Waals surface area contributed by atoms with E-state index in [9.17, 15) is 27.9 Å². The second kappa shape index (κ2) is 6.89. The SMILES string of the molecule is Cc1cc(C(F)(F)F)cc(O)c1-c1ccc2c(=O)n([C@@H]3CCC(=O)N(C)C3)[nH]c2n1. The summed E-state index contributed by atoms with van der Waals surface area (Å²) in [6.07, 6.45) is -3.73. The Kier molecular flexibility index (Phi) is 4.59. The zero-order valence-electron chi connectivity index (χ0n) is 16.2. The van der Waals surface area contributed by atoms with E-state index in [2.05, 4.69) is 10.1 Å². The van der Waals surface area contributed by atoms with Gasteiger partial charge < -0.3 is 10.0 Å². The van der Waals surface area contributed by atoms with Crippen molar-refractivity contribution < 1.29 is 23.1 Å². The number of alkyl halides is 3. The van der Waals surface area contributed by atoms with Crippen molar-refractivity contribution in [2.45, 2.75) is 32.0 Å². The molecule has 0 saturated carbocycles. The van der Waals surface area contributed by atoms with Gasteiger partial charge in [-0.3, -0.25) is 14.7 Å². The Morgan fingerprint density at radius 1 is 1.23 bits per heavy atom. The molecule has 1 atom stereocenters. The highest BCUT2D eigenvalue weighted by Gasteiger charge is 2.32. The number of carbonyl (C=O) groups excluding carboxylic acids is 1. The minimum atomic E-state index is -4.57. The number of fused-ring (bicyclic) bond motifs is 1. The molecule has 10 heteroatoms. The van der Waals surface area contributed by atoms with Crippen molar-refractivity contribution in [3.63, 3.8) is 0 Å². The lowest BCUT2D eigenvalue weighted by Crippen LogP contribution is -2.40. The van der Waals surface area contributed by atoms with Crippen LogP contribution in [0.5, 0.6) is 5.75 Å². The van der Waals surface area contributed by atoms with Gasteiger partial charge in [0.25, 0.3) is 5.56 Å². The van der Waals surface area contributed by atoms with E-state index in [1.807, 2.05) is 0 Å². The van der Waals surface area contributed by atoms with Gasteiger partial charge in [-0.2, -0.15) is 13.2 Å². The largest absolute Gasteiger partial charge is 0.507 e. The Hall–Kier alpha value is -3.30. The van der Waals surface area contributed by atoms with Crippen molar-refractivity contribution in [3.8, 4) is 17.0 Å². The normalized spacial score (nSPS) is 17.7. The van der Waals surface area contributed by atoms with E-state index in [0.717, 1.165) is 6.07 Å². The molecule has 2 aromatic heterocycles. The first-order chi connectivity index (χ1) is 14.1. The summed E-state index contributed by atoms with van der Waals surface area (Å²) in [4.78, 5) is 30.4. The predicted molar refractivity (Wildman–Crippen MR) is 103 cm³/mol. The summed E-state index contributed by atoms with van der Waals surface area (Å²) in [5.74, 6) is -0.521. The number of piperidine rings is 1. The molecule has 1 aromatic carbocycles. The Balaban J connectivity index is 1.77. The number of nitrogens with one attached hydrogen (secondary N) is 1. The number of hydrogen-bond acceptors (Lipinski definition) is 4. The summed E-state index contributed by atoms with van der Waals surface area (Å²) in [7, 11) is 1.68. The number of aromatic hydroxyl groups is 1. The lowest BCUT2D eigenvalue weighted by molar-refractivity contribution is -0.137. The molecule has 3 aromatic rings. The van der Waals surface area contributed by atoms with Gasteiger partial charge >= 0.3 is 6.18 Å². The minimum Gasteiger partial charge on any atom is -0.507 e. The molecule has 7 nitrogen and oxygen atoms in total. The number of amides is 1. The van der Waals surface area contributed by atoms with Crippen LogP contribution in [-0.2, 0) is 11.0 Å². The predicted octanol–water partition coefficient (Wildman–Crippen LogP) is 3.22. The molecule has 0 aliphatic carbocycles. The number of phenolic OH excluding ortho intramolecular Hbond substituents is 1. The van der Waals surface area contributed by atoms with Crippen LogP contribution >= 0.6 is 0 Å². The fourth-order valence-corrected chi connectivity index (χ4v) is 3.87. The van der Waals surface area contributed by atoms with Crippen LogP contribution in [-0.4, -0.2) is 44.3 Å². The summed E-state index contributed by atoms with van der Waals surface area (Å²) >= 11 is 0. The van der Waals surface area contributed by atoms with Crippen molar-refractivity contribution in [3.05, 3.63) is 45.7 Å².